The van der Waals surface area contributed by atoms with E-state index in [1.165, 1.54) is 24.3 Å². The van der Waals surface area contributed by atoms with Crippen LogP contribution in [0.2, 0.25) is 5.02 Å². The summed E-state index contributed by atoms with van der Waals surface area (Å²) in [4.78, 5) is 16.3. The van der Waals surface area contributed by atoms with Gasteiger partial charge >= 0.3 is 11.5 Å². The molecular formula is C18H17ClF3N3OS. The van der Waals surface area contributed by atoms with Crippen molar-refractivity contribution in [1.29, 1.82) is 0 Å². The van der Waals surface area contributed by atoms with E-state index in [0.717, 1.165) is 5.69 Å². The van der Waals surface area contributed by atoms with Crippen LogP contribution in [0.3, 0.4) is 0 Å². The van der Waals surface area contributed by atoms with Crippen LogP contribution in [0.15, 0.2) is 53.4 Å². The third-order valence-electron chi connectivity index (χ3n) is 4.08. The number of nitrogens with one attached hydrogen (secondary N) is 1. The molecule has 0 aromatic heterocycles. The Hall–Kier alpha value is -2.06. The summed E-state index contributed by atoms with van der Waals surface area (Å²) in [5.41, 5.74) is -2.85. The van der Waals surface area contributed by atoms with E-state index < -0.39 is 5.51 Å². The highest BCUT2D eigenvalue weighted by Crippen LogP contribution is 2.37. The molecule has 0 radical (unpaired) electrons. The van der Waals surface area contributed by atoms with Crippen LogP contribution in [-0.2, 0) is 0 Å². The van der Waals surface area contributed by atoms with Crippen LogP contribution in [0, 0.1) is 0 Å². The average molecular weight is 416 g/mol. The molecule has 1 fully saturated rings. The molecule has 1 saturated heterocycles. The first-order chi connectivity index (χ1) is 12.8. The first kappa shape index (κ1) is 19.7. The molecule has 0 unspecified atom stereocenters. The third-order valence-corrected chi connectivity index (χ3v) is 5.05. The van der Waals surface area contributed by atoms with Gasteiger partial charge in [-0.15, -0.1) is 0 Å². The van der Waals surface area contributed by atoms with Gasteiger partial charge in [0.2, 0.25) is 0 Å². The lowest BCUT2D eigenvalue weighted by Gasteiger charge is -2.36. The number of carbonyl (C=O) groups is 1. The van der Waals surface area contributed by atoms with Gasteiger partial charge in [0, 0.05) is 47.5 Å². The number of hydrogen-bond acceptors (Lipinski definition) is 3. The number of anilines is 2. The number of benzene rings is 2. The van der Waals surface area contributed by atoms with Crippen LogP contribution in [0.1, 0.15) is 0 Å². The van der Waals surface area contributed by atoms with Crippen molar-refractivity contribution in [3.8, 4) is 0 Å². The van der Waals surface area contributed by atoms with E-state index in [4.69, 9.17) is 11.6 Å². The Morgan fingerprint density at radius 3 is 2.30 bits per heavy atom. The van der Waals surface area contributed by atoms with Crippen LogP contribution in [-0.4, -0.2) is 42.6 Å². The molecule has 3 rings (SSSR count). The molecular weight excluding hydrogens is 399 g/mol. The number of carbonyl (C=O) groups excluding carboxylic acids is 1. The summed E-state index contributed by atoms with van der Waals surface area (Å²) >= 11 is 5.83. The van der Waals surface area contributed by atoms with Crippen molar-refractivity contribution in [3.05, 3.63) is 53.6 Å². The van der Waals surface area contributed by atoms with Crippen molar-refractivity contribution in [2.24, 2.45) is 0 Å². The number of nitrogens with zero attached hydrogens (tertiary/aromatic N) is 2. The van der Waals surface area contributed by atoms with Crippen molar-refractivity contribution in [2.45, 2.75) is 10.4 Å². The highest BCUT2D eigenvalue weighted by molar-refractivity contribution is 8.00. The Morgan fingerprint density at radius 1 is 1.04 bits per heavy atom. The van der Waals surface area contributed by atoms with E-state index in [-0.39, 0.29) is 22.7 Å². The smallest absolute Gasteiger partial charge is 0.368 e. The van der Waals surface area contributed by atoms with Crippen LogP contribution >= 0.6 is 23.4 Å². The molecule has 27 heavy (non-hydrogen) atoms. The lowest BCUT2D eigenvalue weighted by atomic mass is 10.2. The van der Waals surface area contributed by atoms with Crippen LogP contribution in [0.25, 0.3) is 0 Å². The second-order valence-corrected chi connectivity index (χ2v) is 7.53. The highest BCUT2D eigenvalue weighted by Gasteiger charge is 2.29. The fourth-order valence-corrected chi connectivity index (χ4v) is 3.51. The standard InChI is InChI=1S/C18H17ClF3N3OS/c19-13-2-1-3-15(12-13)24-8-10-25(11-9-24)17(26)23-14-4-6-16(7-5-14)27-18(20,21)22/h1-7,12H,8-11H2,(H,23,26). The minimum absolute atomic E-state index is 0.0793. The minimum Gasteiger partial charge on any atom is -0.368 e. The summed E-state index contributed by atoms with van der Waals surface area (Å²) in [5, 5.41) is 3.39. The molecule has 2 aromatic carbocycles. The van der Waals surface area contributed by atoms with E-state index in [1.54, 1.807) is 4.90 Å². The van der Waals surface area contributed by atoms with E-state index in [2.05, 4.69) is 10.2 Å². The van der Waals surface area contributed by atoms with Gasteiger partial charge in [-0.05, 0) is 54.2 Å². The number of halogens is 4. The topological polar surface area (TPSA) is 35.6 Å². The second-order valence-electron chi connectivity index (χ2n) is 5.96. The molecule has 1 heterocycles. The molecule has 1 aliphatic rings. The van der Waals surface area contributed by atoms with Gasteiger partial charge in [0.05, 0.1) is 0 Å². The Balaban J connectivity index is 1.52. The summed E-state index contributed by atoms with van der Waals surface area (Å²) in [6, 6.07) is 12.9. The minimum atomic E-state index is -4.33. The summed E-state index contributed by atoms with van der Waals surface area (Å²) in [5.74, 6) is 0. The lowest BCUT2D eigenvalue weighted by Crippen LogP contribution is -2.50. The van der Waals surface area contributed by atoms with Crippen molar-refractivity contribution >= 4 is 40.8 Å². The predicted molar refractivity (Wildman–Crippen MR) is 103 cm³/mol. The number of hydrogen-bond donors (Lipinski definition) is 1. The number of rotatable bonds is 3. The predicted octanol–water partition coefficient (Wildman–Crippen LogP) is 5.31. The van der Waals surface area contributed by atoms with Crippen LogP contribution in [0.4, 0.5) is 29.3 Å². The van der Waals surface area contributed by atoms with E-state index in [1.807, 2.05) is 24.3 Å². The van der Waals surface area contributed by atoms with Gasteiger partial charge in [-0.3, -0.25) is 0 Å². The zero-order valence-corrected chi connectivity index (χ0v) is 15.7. The number of amides is 2. The maximum absolute atomic E-state index is 12.4. The number of piperazine rings is 1. The average Bonchev–Trinajstić information content (AvgIpc) is 2.62. The fraction of sp³-hybridized carbons (Fsp3) is 0.278. The molecule has 0 saturated carbocycles. The molecule has 0 bridgehead atoms. The van der Waals surface area contributed by atoms with Gasteiger partial charge in [-0.25, -0.2) is 4.79 Å². The van der Waals surface area contributed by atoms with E-state index >= 15 is 0 Å². The van der Waals surface area contributed by atoms with Gasteiger partial charge < -0.3 is 15.1 Å². The monoisotopic (exact) mass is 415 g/mol. The normalized spacial score (nSPS) is 15.0. The maximum Gasteiger partial charge on any atom is 0.446 e. The molecule has 4 nitrogen and oxygen atoms in total. The van der Waals surface area contributed by atoms with E-state index in [0.29, 0.717) is 36.9 Å². The molecule has 1 aliphatic heterocycles. The number of thioether (sulfide) groups is 1. The fourth-order valence-electron chi connectivity index (χ4n) is 2.78. The van der Waals surface area contributed by atoms with Gasteiger partial charge in [-0.2, -0.15) is 13.2 Å². The number of urea groups is 1. The third kappa shape index (κ3) is 5.71. The Kier molecular flexibility index (Phi) is 6.06. The Bertz CT molecular complexity index is 793. The first-order valence-corrected chi connectivity index (χ1v) is 9.42. The molecule has 9 heteroatoms. The second kappa shape index (κ2) is 8.31. The zero-order chi connectivity index (χ0) is 19.4. The van der Waals surface area contributed by atoms with Gasteiger partial charge in [0.25, 0.3) is 0 Å². The van der Waals surface area contributed by atoms with Crippen molar-refractivity contribution in [2.75, 3.05) is 36.4 Å². The molecule has 1 N–H and O–H groups in total. The van der Waals surface area contributed by atoms with Gasteiger partial charge in [0.1, 0.15) is 0 Å². The lowest BCUT2D eigenvalue weighted by molar-refractivity contribution is -0.0328. The van der Waals surface area contributed by atoms with Crippen molar-refractivity contribution in [1.82, 2.24) is 4.90 Å². The Morgan fingerprint density at radius 2 is 1.70 bits per heavy atom. The quantitative estimate of drug-likeness (QED) is 0.690. The molecule has 144 valence electrons. The van der Waals surface area contributed by atoms with E-state index in [9.17, 15) is 18.0 Å². The zero-order valence-electron chi connectivity index (χ0n) is 14.2. The summed E-state index contributed by atoms with van der Waals surface area (Å²) in [7, 11) is 0. The van der Waals surface area contributed by atoms with Crippen LogP contribution < -0.4 is 10.2 Å². The van der Waals surface area contributed by atoms with Crippen molar-refractivity contribution in [3.63, 3.8) is 0 Å². The summed E-state index contributed by atoms with van der Waals surface area (Å²) in [6.07, 6.45) is 0. The maximum atomic E-state index is 12.4. The number of alkyl halides is 3. The largest absolute Gasteiger partial charge is 0.446 e. The van der Waals surface area contributed by atoms with Crippen molar-refractivity contribution < 1.29 is 18.0 Å². The molecule has 2 amide bonds. The highest BCUT2D eigenvalue weighted by atomic mass is 35.5. The van der Waals surface area contributed by atoms with Gasteiger partial charge in [0.15, 0.2) is 0 Å². The summed E-state index contributed by atoms with van der Waals surface area (Å²) in [6.45, 7) is 2.44. The SMILES string of the molecule is O=C(Nc1ccc(SC(F)(F)F)cc1)N1CCN(c2cccc(Cl)c2)CC1. The van der Waals surface area contributed by atoms with Crippen LogP contribution in [0.5, 0.6) is 0 Å². The Labute approximate surface area is 164 Å². The molecule has 0 atom stereocenters. The first-order valence-electron chi connectivity index (χ1n) is 8.22. The molecule has 0 aliphatic carbocycles. The van der Waals surface area contributed by atoms with Gasteiger partial charge in [-0.1, -0.05) is 17.7 Å². The molecule has 2 aromatic rings. The summed E-state index contributed by atoms with van der Waals surface area (Å²) < 4.78 is 37.0. The molecule has 0 spiro atoms.